The molecule has 128 valence electrons. The summed E-state index contributed by atoms with van der Waals surface area (Å²) in [6.07, 6.45) is 2.26. The predicted octanol–water partition coefficient (Wildman–Crippen LogP) is 2.27. The van der Waals surface area contributed by atoms with E-state index in [9.17, 15) is 4.79 Å². The van der Waals surface area contributed by atoms with Crippen LogP contribution in [-0.2, 0) is 9.53 Å². The summed E-state index contributed by atoms with van der Waals surface area (Å²) in [6, 6.07) is 8.08. The van der Waals surface area contributed by atoms with E-state index < -0.39 is 0 Å². The highest BCUT2D eigenvalue weighted by Gasteiger charge is 2.17. The standard InChI is InChI=1S/C17H22N4O2S/c1-12-6-3-4-8-15(12)21-13(2)19-20-17(21)24-11-16(22)18-10-14-7-5-9-23-14/h3-4,6,8,14H,5,7,9-11H2,1-2H3,(H,18,22)/t14-/m0/s1. The monoisotopic (exact) mass is 346 g/mol. The molecule has 2 aromatic rings. The largest absolute Gasteiger partial charge is 0.376 e. The molecule has 0 unspecified atom stereocenters. The second kappa shape index (κ2) is 7.81. The minimum atomic E-state index is -0.00696. The molecule has 1 amide bonds. The van der Waals surface area contributed by atoms with Crippen molar-refractivity contribution >= 4 is 17.7 Å². The van der Waals surface area contributed by atoms with Crippen LogP contribution in [0.1, 0.15) is 24.2 Å². The molecule has 24 heavy (non-hydrogen) atoms. The lowest BCUT2D eigenvalue weighted by atomic mass is 10.2. The number of nitrogens with zero attached hydrogens (tertiary/aromatic N) is 3. The topological polar surface area (TPSA) is 69.0 Å². The van der Waals surface area contributed by atoms with E-state index in [1.807, 2.05) is 29.7 Å². The normalized spacial score (nSPS) is 17.2. The molecular formula is C17H22N4O2S. The molecule has 1 saturated heterocycles. The Kier molecular flexibility index (Phi) is 5.52. The molecule has 1 aromatic carbocycles. The lowest BCUT2D eigenvalue weighted by molar-refractivity contribution is -0.119. The number of carbonyl (C=O) groups excluding carboxylic acids is 1. The van der Waals surface area contributed by atoms with Gasteiger partial charge in [-0.05, 0) is 38.3 Å². The van der Waals surface area contributed by atoms with Gasteiger partial charge in [-0.25, -0.2) is 0 Å². The minimum Gasteiger partial charge on any atom is -0.376 e. The number of benzene rings is 1. The van der Waals surface area contributed by atoms with E-state index in [1.54, 1.807) is 0 Å². The Morgan fingerprint density at radius 1 is 1.38 bits per heavy atom. The molecule has 3 rings (SSSR count). The van der Waals surface area contributed by atoms with Crippen LogP contribution in [0.3, 0.4) is 0 Å². The molecule has 0 bridgehead atoms. The number of aryl methyl sites for hydroxylation is 2. The van der Waals surface area contributed by atoms with Crippen molar-refractivity contribution in [2.75, 3.05) is 18.9 Å². The molecule has 0 spiro atoms. The zero-order valence-corrected chi connectivity index (χ0v) is 14.8. The van der Waals surface area contributed by atoms with E-state index in [1.165, 1.54) is 11.8 Å². The van der Waals surface area contributed by atoms with Gasteiger partial charge in [-0.1, -0.05) is 30.0 Å². The van der Waals surface area contributed by atoms with Crippen LogP contribution < -0.4 is 5.32 Å². The summed E-state index contributed by atoms with van der Waals surface area (Å²) in [6.45, 7) is 5.36. The lowest BCUT2D eigenvalue weighted by Gasteiger charge is -2.12. The van der Waals surface area contributed by atoms with Crippen LogP contribution in [0, 0.1) is 13.8 Å². The van der Waals surface area contributed by atoms with Gasteiger partial charge in [0.2, 0.25) is 5.91 Å². The maximum atomic E-state index is 12.0. The van der Waals surface area contributed by atoms with E-state index in [0.29, 0.717) is 12.3 Å². The molecule has 1 aliphatic heterocycles. The van der Waals surface area contributed by atoms with Gasteiger partial charge in [0.05, 0.1) is 17.5 Å². The number of para-hydroxylation sites is 1. The summed E-state index contributed by atoms with van der Waals surface area (Å²) in [5.41, 5.74) is 2.19. The molecule has 1 aliphatic rings. The molecule has 0 aliphatic carbocycles. The average molecular weight is 346 g/mol. The quantitative estimate of drug-likeness (QED) is 0.813. The maximum absolute atomic E-state index is 12.0. The molecule has 1 aromatic heterocycles. The molecular weight excluding hydrogens is 324 g/mol. The van der Waals surface area contributed by atoms with Gasteiger partial charge < -0.3 is 10.1 Å². The number of thioether (sulfide) groups is 1. The summed E-state index contributed by atoms with van der Waals surface area (Å²) in [5, 5.41) is 12.0. The highest BCUT2D eigenvalue weighted by Crippen LogP contribution is 2.23. The average Bonchev–Trinajstić information content (AvgIpc) is 3.21. The number of hydrogen-bond acceptors (Lipinski definition) is 5. The molecule has 6 nitrogen and oxygen atoms in total. The van der Waals surface area contributed by atoms with Crippen molar-refractivity contribution in [3.05, 3.63) is 35.7 Å². The van der Waals surface area contributed by atoms with Crippen molar-refractivity contribution in [3.63, 3.8) is 0 Å². The van der Waals surface area contributed by atoms with Gasteiger partial charge in [-0.15, -0.1) is 10.2 Å². The first-order chi connectivity index (χ1) is 11.6. The maximum Gasteiger partial charge on any atom is 0.230 e. The predicted molar refractivity (Wildman–Crippen MR) is 93.5 cm³/mol. The first-order valence-corrected chi connectivity index (χ1v) is 9.13. The number of nitrogens with one attached hydrogen (secondary N) is 1. The van der Waals surface area contributed by atoms with Crippen molar-refractivity contribution in [2.24, 2.45) is 0 Å². The van der Waals surface area contributed by atoms with Gasteiger partial charge in [-0.3, -0.25) is 9.36 Å². The first-order valence-electron chi connectivity index (χ1n) is 8.14. The third-order valence-electron chi connectivity index (χ3n) is 4.03. The highest BCUT2D eigenvalue weighted by atomic mass is 32.2. The van der Waals surface area contributed by atoms with Crippen molar-refractivity contribution in [1.29, 1.82) is 0 Å². The summed E-state index contributed by atoms with van der Waals surface area (Å²) < 4.78 is 7.51. The Balaban J connectivity index is 1.61. The molecule has 7 heteroatoms. The fraction of sp³-hybridized carbons (Fsp3) is 0.471. The second-order valence-electron chi connectivity index (χ2n) is 5.88. The van der Waals surface area contributed by atoms with Crippen LogP contribution in [0.15, 0.2) is 29.4 Å². The molecule has 0 saturated carbocycles. The number of ether oxygens (including phenoxy) is 1. The van der Waals surface area contributed by atoms with Crippen LogP contribution in [0.4, 0.5) is 0 Å². The van der Waals surface area contributed by atoms with Crippen molar-refractivity contribution in [1.82, 2.24) is 20.1 Å². The van der Waals surface area contributed by atoms with Gasteiger partial charge in [0.1, 0.15) is 5.82 Å². The molecule has 1 atom stereocenters. The number of carbonyl (C=O) groups is 1. The lowest BCUT2D eigenvalue weighted by Crippen LogP contribution is -2.32. The van der Waals surface area contributed by atoms with Crippen LogP contribution in [0.25, 0.3) is 5.69 Å². The molecule has 1 N–H and O–H groups in total. The van der Waals surface area contributed by atoms with Gasteiger partial charge in [0.15, 0.2) is 5.16 Å². The van der Waals surface area contributed by atoms with E-state index in [0.717, 1.165) is 41.7 Å². The SMILES string of the molecule is Cc1ccccc1-n1c(C)nnc1SCC(=O)NC[C@@H]1CCCO1. The summed E-state index contributed by atoms with van der Waals surface area (Å²) in [7, 11) is 0. The third-order valence-corrected chi connectivity index (χ3v) is 4.96. The summed E-state index contributed by atoms with van der Waals surface area (Å²) in [5.74, 6) is 1.12. The van der Waals surface area contributed by atoms with Crippen LogP contribution >= 0.6 is 11.8 Å². The Morgan fingerprint density at radius 3 is 2.96 bits per heavy atom. The molecule has 2 heterocycles. The van der Waals surface area contributed by atoms with Crippen molar-refractivity contribution in [3.8, 4) is 5.69 Å². The van der Waals surface area contributed by atoms with E-state index >= 15 is 0 Å². The smallest absolute Gasteiger partial charge is 0.230 e. The number of amides is 1. The number of hydrogen-bond donors (Lipinski definition) is 1. The number of rotatable bonds is 6. The second-order valence-corrected chi connectivity index (χ2v) is 6.82. The van der Waals surface area contributed by atoms with Crippen LogP contribution in [0.2, 0.25) is 0 Å². The van der Waals surface area contributed by atoms with Crippen LogP contribution in [0.5, 0.6) is 0 Å². The Bertz CT molecular complexity index is 710. The zero-order valence-electron chi connectivity index (χ0n) is 14.0. The zero-order chi connectivity index (χ0) is 16.9. The van der Waals surface area contributed by atoms with Gasteiger partial charge in [-0.2, -0.15) is 0 Å². The highest BCUT2D eigenvalue weighted by molar-refractivity contribution is 7.99. The van der Waals surface area contributed by atoms with E-state index in [4.69, 9.17) is 4.74 Å². The van der Waals surface area contributed by atoms with E-state index in [2.05, 4.69) is 28.5 Å². The fourth-order valence-corrected chi connectivity index (χ4v) is 3.56. The van der Waals surface area contributed by atoms with Crippen molar-refractivity contribution < 1.29 is 9.53 Å². The van der Waals surface area contributed by atoms with Crippen molar-refractivity contribution in [2.45, 2.75) is 37.9 Å². The fourth-order valence-electron chi connectivity index (χ4n) is 2.74. The molecule has 0 radical (unpaired) electrons. The molecule has 1 fully saturated rings. The Morgan fingerprint density at radius 2 is 2.21 bits per heavy atom. The Hall–Kier alpha value is -1.86. The van der Waals surface area contributed by atoms with Gasteiger partial charge >= 0.3 is 0 Å². The Labute approximate surface area is 146 Å². The first kappa shape index (κ1) is 17.0. The van der Waals surface area contributed by atoms with E-state index in [-0.39, 0.29) is 12.0 Å². The number of aromatic nitrogens is 3. The summed E-state index contributed by atoms with van der Waals surface area (Å²) >= 11 is 1.40. The minimum absolute atomic E-state index is 0.00696. The third kappa shape index (κ3) is 3.96. The van der Waals surface area contributed by atoms with Gasteiger partial charge in [0.25, 0.3) is 0 Å². The summed E-state index contributed by atoms with van der Waals surface area (Å²) in [4.78, 5) is 12.0. The van der Waals surface area contributed by atoms with Gasteiger partial charge in [0, 0.05) is 13.2 Å². The van der Waals surface area contributed by atoms with Crippen LogP contribution in [-0.4, -0.2) is 45.7 Å².